The molecule has 0 bridgehead atoms. The van der Waals surface area contributed by atoms with Crippen LogP contribution in [0.2, 0.25) is 0 Å². The van der Waals surface area contributed by atoms with Crippen molar-refractivity contribution in [3.05, 3.63) is 22.4 Å². The Morgan fingerprint density at radius 2 is 2.55 bits per heavy atom. The maximum absolute atomic E-state index is 10.7. The first-order valence-corrected chi connectivity index (χ1v) is 4.32. The van der Waals surface area contributed by atoms with Crippen LogP contribution in [0.3, 0.4) is 0 Å². The van der Waals surface area contributed by atoms with Gasteiger partial charge in [0.1, 0.15) is 0 Å². The molecule has 0 spiro atoms. The van der Waals surface area contributed by atoms with Gasteiger partial charge in [0.25, 0.3) is 0 Å². The molecule has 1 fully saturated rings. The second-order valence-electron chi connectivity index (χ2n) is 2.42. The van der Waals surface area contributed by atoms with Gasteiger partial charge in [0, 0.05) is 11.4 Å². The van der Waals surface area contributed by atoms with Gasteiger partial charge in [-0.05, 0) is 11.4 Å². The third-order valence-electron chi connectivity index (χ3n) is 1.66. The van der Waals surface area contributed by atoms with E-state index in [9.17, 15) is 4.79 Å². The van der Waals surface area contributed by atoms with E-state index in [1.165, 1.54) is 4.88 Å². The number of carbonyl (C=O) groups is 1. The molecule has 1 atom stereocenters. The van der Waals surface area contributed by atoms with Crippen molar-refractivity contribution in [3.63, 3.8) is 0 Å². The van der Waals surface area contributed by atoms with E-state index in [1.807, 2.05) is 17.5 Å². The molecule has 2 heterocycles. The summed E-state index contributed by atoms with van der Waals surface area (Å²) in [5.74, 6) is 0. The van der Waals surface area contributed by atoms with Gasteiger partial charge in [-0.1, -0.05) is 6.07 Å². The van der Waals surface area contributed by atoms with Crippen molar-refractivity contribution in [3.8, 4) is 0 Å². The molecule has 1 aliphatic rings. The lowest BCUT2D eigenvalue weighted by Crippen LogP contribution is -2.21. The molecule has 11 heavy (non-hydrogen) atoms. The predicted molar refractivity (Wildman–Crippen MR) is 43.6 cm³/mol. The Labute approximate surface area is 68.4 Å². The summed E-state index contributed by atoms with van der Waals surface area (Å²) in [5, 5.41) is 7.54. The van der Waals surface area contributed by atoms with Gasteiger partial charge >= 0.3 is 6.03 Å². The Morgan fingerprint density at radius 3 is 3.09 bits per heavy atom. The molecule has 58 valence electrons. The molecule has 2 rings (SSSR count). The highest BCUT2D eigenvalue weighted by Gasteiger charge is 2.21. The summed E-state index contributed by atoms with van der Waals surface area (Å²) in [5.41, 5.74) is 0. The molecule has 1 saturated heterocycles. The first-order chi connectivity index (χ1) is 5.36. The minimum atomic E-state index is -0.0663. The monoisotopic (exact) mass is 168 g/mol. The van der Waals surface area contributed by atoms with Gasteiger partial charge in [0.05, 0.1) is 6.04 Å². The summed E-state index contributed by atoms with van der Waals surface area (Å²) in [4.78, 5) is 11.9. The lowest BCUT2D eigenvalue weighted by Gasteiger charge is -2.03. The maximum Gasteiger partial charge on any atom is 0.315 e. The number of urea groups is 1. The smallest absolute Gasteiger partial charge is 0.315 e. The van der Waals surface area contributed by atoms with Crippen molar-refractivity contribution in [2.45, 2.75) is 6.04 Å². The number of thiophene rings is 1. The minimum Gasteiger partial charge on any atom is -0.336 e. The first-order valence-electron chi connectivity index (χ1n) is 3.44. The fraction of sp³-hybridized carbons (Fsp3) is 0.286. The molecular formula is C7H8N2OS. The van der Waals surface area contributed by atoms with Crippen LogP contribution in [-0.2, 0) is 0 Å². The molecule has 1 aromatic rings. The van der Waals surface area contributed by atoms with Crippen molar-refractivity contribution in [1.82, 2.24) is 10.6 Å². The summed E-state index contributed by atoms with van der Waals surface area (Å²) in [6, 6.07) is 4.14. The van der Waals surface area contributed by atoms with Gasteiger partial charge in [-0.2, -0.15) is 0 Å². The molecule has 0 aliphatic carbocycles. The Morgan fingerprint density at radius 1 is 1.64 bits per heavy atom. The van der Waals surface area contributed by atoms with Crippen LogP contribution in [0.25, 0.3) is 0 Å². The van der Waals surface area contributed by atoms with E-state index < -0.39 is 0 Å². The zero-order chi connectivity index (χ0) is 7.68. The second kappa shape index (κ2) is 2.54. The van der Waals surface area contributed by atoms with Crippen molar-refractivity contribution < 1.29 is 4.79 Å². The van der Waals surface area contributed by atoms with Gasteiger partial charge in [-0.25, -0.2) is 4.79 Å². The molecule has 4 heteroatoms. The topological polar surface area (TPSA) is 41.1 Å². The molecule has 2 N–H and O–H groups in total. The highest BCUT2D eigenvalue weighted by atomic mass is 32.1. The fourth-order valence-corrected chi connectivity index (χ4v) is 1.89. The molecule has 1 aliphatic heterocycles. The third-order valence-corrected chi connectivity index (χ3v) is 2.64. The number of hydrogen-bond donors (Lipinski definition) is 2. The highest BCUT2D eigenvalue weighted by Crippen LogP contribution is 2.19. The average Bonchev–Trinajstić information content (AvgIpc) is 2.55. The number of rotatable bonds is 1. The number of nitrogens with one attached hydrogen (secondary N) is 2. The Bertz CT molecular complexity index is 257. The van der Waals surface area contributed by atoms with Crippen LogP contribution in [-0.4, -0.2) is 12.6 Å². The van der Waals surface area contributed by atoms with Crippen LogP contribution in [0.15, 0.2) is 17.5 Å². The molecule has 3 nitrogen and oxygen atoms in total. The standard InChI is InChI=1S/C7H8N2OS/c10-7-8-4-5(9-7)6-2-1-3-11-6/h1-3,5H,4H2,(H2,8,9,10)/t5-/m1/s1. The average molecular weight is 168 g/mol. The number of hydrogen-bond acceptors (Lipinski definition) is 2. The molecule has 1 aromatic heterocycles. The van der Waals surface area contributed by atoms with Crippen LogP contribution in [0.5, 0.6) is 0 Å². The Kier molecular flexibility index (Phi) is 1.54. The normalized spacial score (nSPS) is 22.9. The van der Waals surface area contributed by atoms with E-state index in [0.29, 0.717) is 6.54 Å². The van der Waals surface area contributed by atoms with Crippen LogP contribution in [0.4, 0.5) is 4.79 Å². The summed E-state index contributed by atoms with van der Waals surface area (Å²) < 4.78 is 0. The van der Waals surface area contributed by atoms with E-state index in [-0.39, 0.29) is 12.1 Å². The van der Waals surface area contributed by atoms with E-state index in [1.54, 1.807) is 11.3 Å². The molecule has 0 aromatic carbocycles. The number of carbonyl (C=O) groups excluding carboxylic acids is 1. The summed E-state index contributed by atoms with van der Waals surface area (Å²) in [6.07, 6.45) is 0. The van der Waals surface area contributed by atoms with E-state index in [4.69, 9.17) is 0 Å². The van der Waals surface area contributed by atoms with Crippen molar-refractivity contribution in [2.24, 2.45) is 0 Å². The molecule has 0 radical (unpaired) electrons. The summed E-state index contributed by atoms with van der Waals surface area (Å²) in [6.45, 7) is 0.708. The minimum absolute atomic E-state index is 0.0663. The zero-order valence-electron chi connectivity index (χ0n) is 5.83. The Hall–Kier alpha value is -1.03. The van der Waals surface area contributed by atoms with Gasteiger partial charge in [-0.15, -0.1) is 11.3 Å². The highest BCUT2D eigenvalue weighted by molar-refractivity contribution is 7.10. The second-order valence-corrected chi connectivity index (χ2v) is 3.40. The first kappa shape index (κ1) is 6.67. The van der Waals surface area contributed by atoms with Gasteiger partial charge in [0.2, 0.25) is 0 Å². The SMILES string of the molecule is O=C1NC[C@H](c2cccs2)N1. The number of amides is 2. The van der Waals surface area contributed by atoms with Gasteiger partial charge in [0.15, 0.2) is 0 Å². The molecular weight excluding hydrogens is 160 g/mol. The van der Waals surface area contributed by atoms with Crippen LogP contribution >= 0.6 is 11.3 Å². The lowest BCUT2D eigenvalue weighted by molar-refractivity contribution is 0.247. The van der Waals surface area contributed by atoms with E-state index in [2.05, 4.69) is 10.6 Å². The van der Waals surface area contributed by atoms with Crippen molar-refractivity contribution in [1.29, 1.82) is 0 Å². The molecule has 2 amide bonds. The largest absolute Gasteiger partial charge is 0.336 e. The van der Waals surface area contributed by atoms with Crippen LogP contribution < -0.4 is 10.6 Å². The lowest BCUT2D eigenvalue weighted by atomic mass is 10.3. The van der Waals surface area contributed by atoms with Gasteiger partial charge in [-0.3, -0.25) is 0 Å². The fourth-order valence-electron chi connectivity index (χ4n) is 1.12. The van der Waals surface area contributed by atoms with E-state index >= 15 is 0 Å². The zero-order valence-corrected chi connectivity index (χ0v) is 6.65. The van der Waals surface area contributed by atoms with Crippen LogP contribution in [0.1, 0.15) is 10.9 Å². The summed E-state index contributed by atoms with van der Waals surface area (Å²) >= 11 is 1.67. The quantitative estimate of drug-likeness (QED) is 0.647. The van der Waals surface area contributed by atoms with Crippen molar-refractivity contribution >= 4 is 17.4 Å². The Balaban J connectivity index is 2.13. The third kappa shape index (κ3) is 1.21. The predicted octanol–water partition coefficient (Wildman–Crippen LogP) is 1.10. The van der Waals surface area contributed by atoms with Crippen molar-refractivity contribution in [2.75, 3.05) is 6.54 Å². The molecule has 0 unspecified atom stereocenters. The van der Waals surface area contributed by atoms with Crippen LogP contribution in [0, 0.1) is 0 Å². The molecule has 0 saturated carbocycles. The summed E-state index contributed by atoms with van der Waals surface area (Å²) in [7, 11) is 0. The maximum atomic E-state index is 10.7. The van der Waals surface area contributed by atoms with E-state index in [0.717, 1.165) is 0 Å². The van der Waals surface area contributed by atoms with Gasteiger partial charge < -0.3 is 10.6 Å².